The van der Waals surface area contributed by atoms with E-state index in [9.17, 15) is 0 Å². The van der Waals surface area contributed by atoms with Crippen LogP contribution >= 0.6 is 0 Å². The van der Waals surface area contributed by atoms with Crippen LogP contribution in [0.5, 0.6) is 0 Å². The second-order valence-electron chi connectivity index (χ2n) is 10.2. The van der Waals surface area contributed by atoms with Crippen molar-refractivity contribution < 1.29 is 0 Å². The third-order valence-electron chi connectivity index (χ3n) is 7.57. The van der Waals surface area contributed by atoms with Gasteiger partial charge in [-0.1, -0.05) is 91.0 Å². The Balaban J connectivity index is 1.23. The van der Waals surface area contributed by atoms with Crippen molar-refractivity contribution in [3.63, 3.8) is 0 Å². The van der Waals surface area contributed by atoms with Gasteiger partial charge in [-0.05, 0) is 36.4 Å². The Bertz CT molecular complexity index is 2230. The Morgan fingerprint density at radius 3 is 1.36 bits per heavy atom. The van der Waals surface area contributed by atoms with Gasteiger partial charge in [0.15, 0.2) is 0 Å². The lowest BCUT2D eigenvalue weighted by Gasteiger charge is -2.11. The maximum absolute atomic E-state index is 5.11. The molecule has 5 nitrogen and oxygen atoms in total. The summed E-state index contributed by atoms with van der Waals surface area (Å²) in [6.45, 7) is 0. The highest BCUT2D eigenvalue weighted by Gasteiger charge is 2.14. The average Bonchev–Trinajstić information content (AvgIpc) is 3.08. The number of hydrogen-bond donors (Lipinski definition) is 0. The number of aromatic nitrogens is 5. The van der Waals surface area contributed by atoms with Crippen LogP contribution < -0.4 is 0 Å². The Kier molecular flexibility index (Phi) is 5.71. The van der Waals surface area contributed by atoms with E-state index in [1.807, 2.05) is 60.7 Å². The molecule has 0 fully saturated rings. The molecule has 4 heterocycles. The Labute approximate surface area is 242 Å². The quantitative estimate of drug-likeness (QED) is 0.210. The molecule has 4 aromatic heterocycles. The van der Waals surface area contributed by atoms with Crippen LogP contribution in [-0.2, 0) is 0 Å². The Morgan fingerprint density at radius 1 is 0.333 bits per heavy atom. The standard InChI is InChI=1S/C37H23N5/c1-2-6-26(7-3-1)34-37(42-33-9-5-4-8-32(33)41-34)27-12-10-24(11-13-27)30-18-16-28-14-15-29-17-19-31(25-20-22-38-23-21-25)40-36(29)35(28)39-30/h1-23H. The van der Waals surface area contributed by atoms with E-state index in [0.29, 0.717) is 0 Å². The highest BCUT2D eigenvalue weighted by molar-refractivity contribution is 6.04. The minimum absolute atomic E-state index is 0.858. The van der Waals surface area contributed by atoms with Crippen molar-refractivity contribution in [2.75, 3.05) is 0 Å². The van der Waals surface area contributed by atoms with Crippen molar-refractivity contribution in [1.29, 1.82) is 0 Å². The van der Waals surface area contributed by atoms with Gasteiger partial charge >= 0.3 is 0 Å². The highest BCUT2D eigenvalue weighted by Crippen LogP contribution is 2.33. The Hall–Kier alpha value is -5.81. The summed E-state index contributed by atoms with van der Waals surface area (Å²) in [6, 6.07) is 43.2. The topological polar surface area (TPSA) is 64.5 Å². The molecule has 0 unspecified atom stereocenters. The molecule has 0 amide bonds. The number of benzene rings is 4. The molecule has 8 rings (SSSR count). The molecule has 5 heteroatoms. The summed E-state index contributed by atoms with van der Waals surface area (Å²) in [7, 11) is 0. The van der Waals surface area contributed by atoms with Crippen LogP contribution in [0, 0.1) is 0 Å². The zero-order valence-corrected chi connectivity index (χ0v) is 22.5. The first-order valence-electron chi connectivity index (χ1n) is 13.8. The summed E-state index contributed by atoms with van der Waals surface area (Å²) in [5.41, 5.74) is 11.1. The van der Waals surface area contributed by atoms with Crippen LogP contribution in [0.2, 0.25) is 0 Å². The fourth-order valence-corrected chi connectivity index (χ4v) is 5.41. The van der Waals surface area contributed by atoms with Crippen molar-refractivity contribution in [2.45, 2.75) is 0 Å². The summed E-state index contributed by atoms with van der Waals surface area (Å²) >= 11 is 0. The van der Waals surface area contributed by atoms with Gasteiger partial charge in [-0.15, -0.1) is 0 Å². The molecule has 8 aromatic rings. The van der Waals surface area contributed by atoms with E-state index in [1.165, 1.54) is 0 Å². The molecule has 0 aliphatic rings. The number of fused-ring (bicyclic) bond motifs is 4. The van der Waals surface area contributed by atoms with Crippen LogP contribution in [-0.4, -0.2) is 24.9 Å². The number of hydrogen-bond acceptors (Lipinski definition) is 5. The van der Waals surface area contributed by atoms with Crippen LogP contribution in [0.25, 0.3) is 77.9 Å². The van der Waals surface area contributed by atoms with Gasteiger partial charge in [0.05, 0.1) is 44.8 Å². The van der Waals surface area contributed by atoms with Gasteiger partial charge < -0.3 is 0 Å². The summed E-state index contributed by atoms with van der Waals surface area (Å²) in [6.07, 6.45) is 3.58. The molecule has 42 heavy (non-hydrogen) atoms. The van der Waals surface area contributed by atoms with Crippen molar-refractivity contribution in [2.24, 2.45) is 0 Å². The normalized spacial score (nSPS) is 11.3. The van der Waals surface area contributed by atoms with Crippen LogP contribution in [0.4, 0.5) is 0 Å². The largest absolute Gasteiger partial charge is 0.265 e. The van der Waals surface area contributed by atoms with Crippen molar-refractivity contribution in [3.05, 3.63) is 140 Å². The van der Waals surface area contributed by atoms with Gasteiger partial charge in [-0.2, -0.15) is 0 Å². The molecule has 0 aliphatic carbocycles. The highest BCUT2D eigenvalue weighted by atomic mass is 14.8. The first kappa shape index (κ1) is 24.0. The molecule has 0 spiro atoms. The molecule has 0 N–H and O–H groups in total. The molecule has 0 atom stereocenters. The van der Waals surface area contributed by atoms with Crippen molar-refractivity contribution in [3.8, 4) is 45.0 Å². The second-order valence-corrected chi connectivity index (χ2v) is 10.2. The van der Waals surface area contributed by atoms with Gasteiger partial charge in [-0.3, -0.25) is 4.98 Å². The minimum Gasteiger partial charge on any atom is -0.265 e. The zero-order chi connectivity index (χ0) is 27.9. The van der Waals surface area contributed by atoms with Crippen molar-refractivity contribution in [1.82, 2.24) is 24.9 Å². The van der Waals surface area contributed by atoms with Gasteiger partial charge in [-0.25, -0.2) is 19.9 Å². The monoisotopic (exact) mass is 537 g/mol. The predicted octanol–water partition coefficient (Wildman–Crippen LogP) is 8.79. The van der Waals surface area contributed by atoms with E-state index in [-0.39, 0.29) is 0 Å². The molecule has 0 saturated heterocycles. The average molecular weight is 538 g/mol. The predicted molar refractivity (Wildman–Crippen MR) is 170 cm³/mol. The smallest absolute Gasteiger partial charge is 0.0973 e. The summed E-state index contributed by atoms with van der Waals surface area (Å²) in [5, 5.41) is 2.12. The van der Waals surface area contributed by atoms with Crippen LogP contribution in [0.15, 0.2) is 140 Å². The maximum atomic E-state index is 5.11. The molecule has 0 radical (unpaired) electrons. The fraction of sp³-hybridized carbons (Fsp3) is 0. The number of pyridine rings is 3. The summed E-state index contributed by atoms with van der Waals surface area (Å²) in [5.74, 6) is 0. The van der Waals surface area contributed by atoms with Gasteiger partial charge in [0, 0.05) is 45.4 Å². The number of para-hydroxylation sites is 2. The minimum atomic E-state index is 0.858. The van der Waals surface area contributed by atoms with E-state index in [4.69, 9.17) is 19.9 Å². The van der Waals surface area contributed by atoms with Crippen LogP contribution in [0.1, 0.15) is 0 Å². The first-order chi connectivity index (χ1) is 20.8. The SMILES string of the molecule is c1ccc(-c2nc3ccccc3nc2-c2ccc(-c3ccc4ccc5ccc(-c6ccncc6)nc5c4n3)cc2)cc1. The molecule has 0 aliphatic heterocycles. The van der Waals surface area contributed by atoms with E-state index in [2.05, 4.69) is 71.7 Å². The van der Waals surface area contributed by atoms with Gasteiger partial charge in [0.25, 0.3) is 0 Å². The maximum Gasteiger partial charge on any atom is 0.0973 e. The van der Waals surface area contributed by atoms with Crippen LogP contribution in [0.3, 0.4) is 0 Å². The lowest BCUT2D eigenvalue weighted by molar-refractivity contribution is 1.29. The third-order valence-corrected chi connectivity index (χ3v) is 7.57. The second kappa shape index (κ2) is 9.98. The number of rotatable bonds is 4. The third kappa shape index (κ3) is 4.25. The lowest BCUT2D eigenvalue weighted by atomic mass is 10.0. The van der Waals surface area contributed by atoms with Gasteiger partial charge in [0.2, 0.25) is 0 Å². The van der Waals surface area contributed by atoms with Crippen molar-refractivity contribution >= 4 is 32.8 Å². The van der Waals surface area contributed by atoms with E-state index in [0.717, 1.165) is 77.9 Å². The zero-order valence-electron chi connectivity index (χ0n) is 22.5. The van der Waals surface area contributed by atoms with E-state index in [1.54, 1.807) is 12.4 Å². The molecular weight excluding hydrogens is 514 g/mol. The molecule has 0 saturated carbocycles. The molecule has 4 aromatic carbocycles. The summed E-state index contributed by atoms with van der Waals surface area (Å²) < 4.78 is 0. The lowest BCUT2D eigenvalue weighted by Crippen LogP contribution is -1.95. The number of nitrogens with zero attached hydrogens (tertiary/aromatic N) is 5. The summed E-state index contributed by atoms with van der Waals surface area (Å²) in [4.78, 5) is 24.3. The molecule has 196 valence electrons. The molecular formula is C37H23N5. The van der Waals surface area contributed by atoms with E-state index >= 15 is 0 Å². The van der Waals surface area contributed by atoms with E-state index < -0.39 is 0 Å². The van der Waals surface area contributed by atoms with Gasteiger partial charge in [0.1, 0.15) is 0 Å². The first-order valence-corrected chi connectivity index (χ1v) is 13.8. The Morgan fingerprint density at radius 2 is 0.786 bits per heavy atom. The molecule has 0 bridgehead atoms. The fourth-order valence-electron chi connectivity index (χ4n) is 5.41.